The van der Waals surface area contributed by atoms with Gasteiger partial charge in [-0.25, -0.2) is 4.79 Å². The highest BCUT2D eigenvalue weighted by Gasteiger charge is 2.09. The first-order valence-electron chi connectivity index (χ1n) is 10.8. The Labute approximate surface area is 198 Å². The molecule has 0 aliphatic heterocycles. The largest absolute Gasteiger partial charge is 0.490 e. The van der Waals surface area contributed by atoms with Gasteiger partial charge in [0.1, 0.15) is 0 Å². The lowest BCUT2D eigenvalue weighted by Gasteiger charge is -2.12. The van der Waals surface area contributed by atoms with Crippen LogP contribution in [0.2, 0.25) is 0 Å². The first-order valence-corrected chi connectivity index (χ1v) is 11.2. The summed E-state index contributed by atoms with van der Waals surface area (Å²) in [5, 5.41) is 11.0. The monoisotopic (exact) mass is 468 g/mol. The van der Waals surface area contributed by atoms with Crippen LogP contribution in [-0.2, 0) is 11.3 Å². The Balaban J connectivity index is 1.57. The second-order valence-corrected chi connectivity index (χ2v) is 7.36. The highest BCUT2D eigenvalue weighted by molar-refractivity contribution is 7.80. The summed E-state index contributed by atoms with van der Waals surface area (Å²) in [5.41, 5.74) is 3.04. The maximum absolute atomic E-state index is 11.7. The molecule has 0 saturated carbocycles. The summed E-state index contributed by atoms with van der Waals surface area (Å²) in [6, 6.07) is 12.8. The van der Waals surface area contributed by atoms with Crippen LogP contribution in [0.3, 0.4) is 0 Å². The third-order valence-electron chi connectivity index (χ3n) is 4.50. The fourth-order valence-electron chi connectivity index (χ4n) is 3.09. The Kier molecular flexibility index (Phi) is 8.65. The Hall–Kier alpha value is -3.59. The number of aromatic nitrogens is 2. The summed E-state index contributed by atoms with van der Waals surface area (Å²) in [6.07, 6.45) is 3.57. The van der Waals surface area contributed by atoms with Gasteiger partial charge in [0, 0.05) is 11.9 Å². The van der Waals surface area contributed by atoms with Crippen LogP contribution in [0.4, 0.5) is 11.4 Å². The van der Waals surface area contributed by atoms with Gasteiger partial charge in [0.05, 0.1) is 43.8 Å². The topological polar surface area (TPSA) is 86.6 Å². The smallest absolute Gasteiger partial charge is 0.338 e. The van der Waals surface area contributed by atoms with Crippen LogP contribution in [0.1, 0.15) is 36.7 Å². The number of hydrogen-bond donors (Lipinski definition) is 2. The molecule has 0 aliphatic carbocycles. The average Bonchev–Trinajstić information content (AvgIpc) is 3.23. The van der Waals surface area contributed by atoms with Gasteiger partial charge >= 0.3 is 5.97 Å². The summed E-state index contributed by atoms with van der Waals surface area (Å²) < 4.78 is 18.1. The molecule has 2 N–H and O–H groups in total. The van der Waals surface area contributed by atoms with E-state index in [0.717, 1.165) is 28.4 Å². The van der Waals surface area contributed by atoms with Crippen molar-refractivity contribution in [3.63, 3.8) is 0 Å². The lowest BCUT2D eigenvalue weighted by Crippen LogP contribution is -2.18. The van der Waals surface area contributed by atoms with Crippen LogP contribution in [0, 0.1) is 0 Å². The predicted molar refractivity (Wildman–Crippen MR) is 132 cm³/mol. The number of esters is 1. The summed E-state index contributed by atoms with van der Waals surface area (Å²) in [7, 11) is 0. The maximum Gasteiger partial charge on any atom is 0.338 e. The third-order valence-corrected chi connectivity index (χ3v) is 4.70. The summed E-state index contributed by atoms with van der Waals surface area (Å²) in [4.78, 5) is 11.7. The summed E-state index contributed by atoms with van der Waals surface area (Å²) in [5.74, 6) is 1.11. The molecule has 1 aromatic heterocycles. The average molecular weight is 469 g/mol. The summed E-state index contributed by atoms with van der Waals surface area (Å²) in [6.45, 7) is 7.72. The molecule has 0 unspecified atom stereocenters. The second kappa shape index (κ2) is 11.9. The van der Waals surface area contributed by atoms with Gasteiger partial charge in [-0.05, 0) is 75.0 Å². The number of thiocarbonyl (C=S) groups is 1. The molecule has 33 heavy (non-hydrogen) atoms. The molecular weight excluding hydrogens is 440 g/mol. The molecular formula is C24H28N4O4S. The summed E-state index contributed by atoms with van der Waals surface area (Å²) >= 11 is 5.39. The number of carbonyl (C=O) groups excluding carboxylic acids is 1. The molecule has 174 valence electrons. The molecule has 0 bridgehead atoms. The number of nitrogens with one attached hydrogen (secondary N) is 2. The van der Waals surface area contributed by atoms with Gasteiger partial charge in [-0.15, -0.1) is 0 Å². The van der Waals surface area contributed by atoms with Gasteiger partial charge in [0.15, 0.2) is 16.6 Å². The first-order chi connectivity index (χ1) is 16.0. The SMILES string of the molecule is CCOC(=O)c1ccc(NC(=S)Nc2cnn(Cc3ccc(OCC)c(OCC)c3)c2)cc1. The molecule has 0 radical (unpaired) electrons. The van der Waals surface area contributed by atoms with Crippen molar-refractivity contribution < 1.29 is 19.0 Å². The minimum absolute atomic E-state index is 0.340. The van der Waals surface area contributed by atoms with Crippen molar-refractivity contribution in [1.82, 2.24) is 9.78 Å². The van der Waals surface area contributed by atoms with E-state index in [1.54, 1.807) is 37.4 Å². The molecule has 0 saturated heterocycles. The quantitative estimate of drug-likeness (QED) is 0.327. The standard InChI is InChI=1S/C24H28N4O4S/c1-4-30-21-12-7-17(13-22(21)31-5-2)15-28-16-20(14-25-28)27-24(33)26-19-10-8-18(9-11-19)23(29)32-6-3/h7-14,16H,4-6,15H2,1-3H3,(H2,26,27,33). The second-order valence-electron chi connectivity index (χ2n) is 6.95. The van der Waals surface area contributed by atoms with Crippen molar-refractivity contribution in [2.45, 2.75) is 27.3 Å². The number of anilines is 2. The lowest BCUT2D eigenvalue weighted by atomic mass is 10.2. The van der Waals surface area contributed by atoms with E-state index in [1.807, 2.05) is 42.9 Å². The number of ether oxygens (including phenoxy) is 3. The number of carbonyl (C=O) groups is 1. The van der Waals surface area contributed by atoms with Crippen molar-refractivity contribution in [2.24, 2.45) is 0 Å². The molecule has 0 spiro atoms. The molecule has 8 nitrogen and oxygen atoms in total. The molecule has 9 heteroatoms. The van der Waals surface area contributed by atoms with E-state index in [9.17, 15) is 4.79 Å². The Morgan fingerprint density at radius 1 is 0.939 bits per heavy atom. The molecule has 3 aromatic rings. The first kappa shape index (κ1) is 24.1. The van der Waals surface area contributed by atoms with Crippen LogP contribution < -0.4 is 20.1 Å². The van der Waals surface area contributed by atoms with Gasteiger partial charge in [-0.1, -0.05) is 6.07 Å². The van der Waals surface area contributed by atoms with Gasteiger partial charge < -0.3 is 24.8 Å². The number of hydrogen-bond acceptors (Lipinski definition) is 6. The molecule has 2 aromatic carbocycles. The lowest BCUT2D eigenvalue weighted by molar-refractivity contribution is 0.0526. The molecule has 3 rings (SSSR count). The predicted octanol–water partition coefficient (Wildman–Crippen LogP) is 4.71. The van der Waals surface area contributed by atoms with Crippen LogP contribution in [0.15, 0.2) is 54.9 Å². The van der Waals surface area contributed by atoms with E-state index >= 15 is 0 Å². The normalized spacial score (nSPS) is 10.4. The third kappa shape index (κ3) is 6.95. The van der Waals surface area contributed by atoms with E-state index in [2.05, 4.69) is 15.7 Å². The van der Waals surface area contributed by atoms with Gasteiger partial charge in [0.25, 0.3) is 0 Å². The highest BCUT2D eigenvalue weighted by Crippen LogP contribution is 2.29. The van der Waals surface area contributed by atoms with E-state index in [-0.39, 0.29) is 5.97 Å². The number of benzene rings is 2. The van der Waals surface area contributed by atoms with Gasteiger partial charge in [-0.2, -0.15) is 5.10 Å². The van der Waals surface area contributed by atoms with Crippen LogP contribution in [-0.4, -0.2) is 40.7 Å². The van der Waals surface area contributed by atoms with E-state index in [1.165, 1.54) is 0 Å². The fourth-order valence-corrected chi connectivity index (χ4v) is 3.33. The zero-order valence-electron chi connectivity index (χ0n) is 19.0. The molecule has 0 atom stereocenters. The van der Waals surface area contributed by atoms with Crippen molar-refractivity contribution in [3.8, 4) is 11.5 Å². The molecule has 0 amide bonds. The Bertz CT molecular complexity index is 1080. The van der Waals surface area contributed by atoms with Gasteiger partial charge in [-0.3, -0.25) is 4.68 Å². The van der Waals surface area contributed by atoms with Crippen LogP contribution in [0.25, 0.3) is 0 Å². The van der Waals surface area contributed by atoms with Crippen molar-refractivity contribution >= 4 is 34.7 Å². The Morgan fingerprint density at radius 3 is 2.33 bits per heavy atom. The van der Waals surface area contributed by atoms with Gasteiger partial charge in [0.2, 0.25) is 0 Å². The fraction of sp³-hybridized carbons (Fsp3) is 0.292. The highest BCUT2D eigenvalue weighted by atomic mass is 32.1. The molecule has 0 fully saturated rings. The van der Waals surface area contributed by atoms with Crippen molar-refractivity contribution in [1.29, 1.82) is 0 Å². The molecule has 0 aliphatic rings. The number of rotatable bonds is 10. The zero-order chi connectivity index (χ0) is 23.6. The minimum Gasteiger partial charge on any atom is -0.490 e. The minimum atomic E-state index is -0.349. The van der Waals surface area contributed by atoms with Crippen molar-refractivity contribution in [3.05, 3.63) is 66.0 Å². The van der Waals surface area contributed by atoms with E-state index in [0.29, 0.717) is 37.0 Å². The van der Waals surface area contributed by atoms with E-state index in [4.69, 9.17) is 26.4 Å². The number of nitrogens with zero attached hydrogens (tertiary/aromatic N) is 2. The Morgan fingerprint density at radius 2 is 1.64 bits per heavy atom. The zero-order valence-corrected chi connectivity index (χ0v) is 19.8. The van der Waals surface area contributed by atoms with E-state index < -0.39 is 0 Å². The van der Waals surface area contributed by atoms with Crippen LogP contribution in [0.5, 0.6) is 11.5 Å². The molecule has 1 heterocycles. The van der Waals surface area contributed by atoms with Crippen LogP contribution >= 0.6 is 12.2 Å². The maximum atomic E-state index is 11.7. The van der Waals surface area contributed by atoms with Crippen molar-refractivity contribution in [2.75, 3.05) is 30.5 Å².